The molecule has 2 rings (SSSR count). The van der Waals surface area contributed by atoms with E-state index in [0.717, 1.165) is 35.6 Å². The molecule has 0 amide bonds. The van der Waals surface area contributed by atoms with E-state index in [-0.39, 0.29) is 0 Å². The molecule has 0 heterocycles. The maximum atomic E-state index is 5.99. The summed E-state index contributed by atoms with van der Waals surface area (Å²) in [5.74, 6) is 0.896. The van der Waals surface area contributed by atoms with Crippen molar-refractivity contribution in [3.63, 3.8) is 0 Å². The zero-order valence-corrected chi connectivity index (χ0v) is 10.0. The molecule has 0 aliphatic rings. The van der Waals surface area contributed by atoms with E-state index in [1.54, 1.807) is 0 Å². The summed E-state index contributed by atoms with van der Waals surface area (Å²) < 4.78 is 5.74. The number of ether oxygens (including phenoxy) is 1. The van der Waals surface area contributed by atoms with Gasteiger partial charge in [-0.3, -0.25) is 0 Å². The number of benzene rings is 2. The summed E-state index contributed by atoms with van der Waals surface area (Å²) in [7, 11) is 0. The van der Waals surface area contributed by atoms with E-state index in [9.17, 15) is 0 Å². The van der Waals surface area contributed by atoms with Crippen LogP contribution in [0.5, 0.6) is 5.75 Å². The van der Waals surface area contributed by atoms with Crippen molar-refractivity contribution in [1.82, 2.24) is 0 Å². The van der Waals surface area contributed by atoms with E-state index in [2.05, 4.69) is 6.92 Å². The molecule has 2 aromatic carbocycles. The molecule has 0 aromatic heterocycles. The fourth-order valence-corrected chi connectivity index (χ4v) is 1.77. The molecule has 0 fully saturated rings. The Labute approximate surface area is 102 Å². The van der Waals surface area contributed by atoms with Crippen molar-refractivity contribution < 1.29 is 4.74 Å². The van der Waals surface area contributed by atoms with Gasteiger partial charge in [0.05, 0.1) is 6.61 Å². The first-order valence-corrected chi connectivity index (χ1v) is 5.89. The second-order valence-corrected chi connectivity index (χ2v) is 3.93. The smallest absolute Gasteiger partial charge is 0.127 e. The summed E-state index contributed by atoms with van der Waals surface area (Å²) in [6.45, 7) is 2.82. The molecule has 2 N–H and O–H groups in total. The van der Waals surface area contributed by atoms with E-state index in [1.165, 1.54) is 0 Å². The van der Waals surface area contributed by atoms with Gasteiger partial charge in [-0.05, 0) is 18.6 Å². The Balaban J connectivity index is 2.41. The molecule has 0 unspecified atom stereocenters. The quantitative estimate of drug-likeness (QED) is 0.808. The second kappa shape index (κ2) is 5.39. The minimum atomic E-state index is 0.726. The number of hydrogen-bond acceptors (Lipinski definition) is 2. The van der Waals surface area contributed by atoms with Gasteiger partial charge in [-0.1, -0.05) is 43.3 Å². The SMILES string of the molecule is CCCOc1ccccc1-c1ccccc1N. The Morgan fingerprint density at radius 1 is 0.941 bits per heavy atom. The van der Waals surface area contributed by atoms with Crippen molar-refractivity contribution in [2.75, 3.05) is 12.3 Å². The Kier molecular flexibility index (Phi) is 3.66. The number of nitrogens with two attached hydrogens (primary N) is 1. The minimum Gasteiger partial charge on any atom is -0.493 e. The average molecular weight is 227 g/mol. The zero-order valence-electron chi connectivity index (χ0n) is 10.0. The van der Waals surface area contributed by atoms with Crippen LogP contribution in [0.1, 0.15) is 13.3 Å². The first-order valence-electron chi connectivity index (χ1n) is 5.89. The second-order valence-electron chi connectivity index (χ2n) is 3.93. The van der Waals surface area contributed by atoms with Gasteiger partial charge in [0.15, 0.2) is 0 Å². The minimum absolute atomic E-state index is 0.726. The largest absolute Gasteiger partial charge is 0.493 e. The number of anilines is 1. The summed E-state index contributed by atoms with van der Waals surface area (Å²) in [6, 6.07) is 15.9. The maximum Gasteiger partial charge on any atom is 0.127 e. The van der Waals surface area contributed by atoms with Gasteiger partial charge in [0.2, 0.25) is 0 Å². The molecule has 0 bridgehead atoms. The molecular weight excluding hydrogens is 210 g/mol. The lowest BCUT2D eigenvalue weighted by Gasteiger charge is -2.12. The van der Waals surface area contributed by atoms with Crippen LogP contribution in [0.15, 0.2) is 48.5 Å². The molecule has 0 spiro atoms. The van der Waals surface area contributed by atoms with Gasteiger partial charge in [-0.2, -0.15) is 0 Å². The monoisotopic (exact) mass is 227 g/mol. The van der Waals surface area contributed by atoms with Gasteiger partial charge in [0.25, 0.3) is 0 Å². The van der Waals surface area contributed by atoms with Crippen molar-refractivity contribution in [3.05, 3.63) is 48.5 Å². The van der Waals surface area contributed by atoms with Crippen LogP contribution in [0, 0.1) is 0 Å². The fraction of sp³-hybridized carbons (Fsp3) is 0.200. The molecule has 2 aromatic rings. The van der Waals surface area contributed by atoms with Gasteiger partial charge in [-0.25, -0.2) is 0 Å². The third-order valence-electron chi connectivity index (χ3n) is 2.60. The van der Waals surface area contributed by atoms with Crippen LogP contribution in [0.3, 0.4) is 0 Å². The van der Waals surface area contributed by atoms with Gasteiger partial charge in [0, 0.05) is 16.8 Å². The number of hydrogen-bond donors (Lipinski definition) is 1. The molecule has 0 aliphatic heterocycles. The molecule has 2 nitrogen and oxygen atoms in total. The zero-order chi connectivity index (χ0) is 12.1. The van der Waals surface area contributed by atoms with Crippen molar-refractivity contribution >= 4 is 5.69 Å². The first-order chi connectivity index (χ1) is 8.33. The van der Waals surface area contributed by atoms with E-state index in [1.807, 2.05) is 48.5 Å². The van der Waals surface area contributed by atoms with Gasteiger partial charge < -0.3 is 10.5 Å². The van der Waals surface area contributed by atoms with Crippen LogP contribution in [-0.4, -0.2) is 6.61 Å². The Morgan fingerprint density at radius 3 is 2.29 bits per heavy atom. The third-order valence-corrected chi connectivity index (χ3v) is 2.60. The van der Waals surface area contributed by atoms with Crippen molar-refractivity contribution in [2.45, 2.75) is 13.3 Å². The number of para-hydroxylation sites is 2. The van der Waals surface area contributed by atoms with Gasteiger partial charge >= 0.3 is 0 Å². The third kappa shape index (κ3) is 2.59. The topological polar surface area (TPSA) is 35.2 Å². The lowest BCUT2D eigenvalue weighted by atomic mass is 10.0. The summed E-state index contributed by atoms with van der Waals surface area (Å²) in [6.07, 6.45) is 0.999. The van der Waals surface area contributed by atoms with Crippen LogP contribution in [0.2, 0.25) is 0 Å². The van der Waals surface area contributed by atoms with E-state index in [0.29, 0.717) is 0 Å². The Morgan fingerprint density at radius 2 is 1.59 bits per heavy atom. The first kappa shape index (κ1) is 11.5. The molecule has 0 saturated carbocycles. The average Bonchev–Trinajstić information content (AvgIpc) is 2.37. The van der Waals surface area contributed by atoms with Crippen molar-refractivity contribution in [2.24, 2.45) is 0 Å². The van der Waals surface area contributed by atoms with E-state index < -0.39 is 0 Å². The predicted octanol–water partition coefficient (Wildman–Crippen LogP) is 3.72. The molecule has 0 saturated heterocycles. The van der Waals surface area contributed by atoms with Crippen LogP contribution < -0.4 is 10.5 Å². The van der Waals surface area contributed by atoms with Crippen LogP contribution in [0.4, 0.5) is 5.69 Å². The van der Waals surface area contributed by atoms with E-state index in [4.69, 9.17) is 10.5 Å². The fourth-order valence-electron chi connectivity index (χ4n) is 1.77. The molecule has 88 valence electrons. The Hall–Kier alpha value is -1.96. The summed E-state index contributed by atoms with van der Waals surface area (Å²) in [5.41, 5.74) is 8.85. The predicted molar refractivity (Wildman–Crippen MR) is 72.1 cm³/mol. The van der Waals surface area contributed by atoms with Crippen LogP contribution in [-0.2, 0) is 0 Å². The molecule has 0 atom stereocenters. The van der Waals surface area contributed by atoms with Gasteiger partial charge in [0.1, 0.15) is 5.75 Å². The lowest BCUT2D eigenvalue weighted by molar-refractivity contribution is 0.319. The molecular formula is C15H17NO. The summed E-state index contributed by atoms with van der Waals surface area (Å²) in [4.78, 5) is 0. The molecule has 17 heavy (non-hydrogen) atoms. The molecule has 2 heteroatoms. The van der Waals surface area contributed by atoms with Crippen molar-refractivity contribution in [1.29, 1.82) is 0 Å². The lowest BCUT2D eigenvalue weighted by Crippen LogP contribution is -1.98. The number of rotatable bonds is 4. The Bertz CT molecular complexity index is 494. The number of nitrogen functional groups attached to an aromatic ring is 1. The molecule has 0 radical (unpaired) electrons. The highest BCUT2D eigenvalue weighted by atomic mass is 16.5. The standard InChI is InChI=1S/C15H17NO/c1-2-11-17-15-10-6-4-8-13(15)12-7-3-5-9-14(12)16/h3-10H,2,11,16H2,1H3. The summed E-state index contributed by atoms with van der Waals surface area (Å²) in [5, 5.41) is 0. The highest BCUT2D eigenvalue weighted by Crippen LogP contribution is 2.33. The van der Waals surface area contributed by atoms with E-state index >= 15 is 0 Å². The highest BCUT2D eigenvalue weighted by Gasteiger charge is 2.07. The normalized spacial score (nSPS) is 10.2. The van der Waals surface area contributed by atoms with Gasteiger partial charge in [-0.15, -0.1) is 0 Å². The maximum absolute atomic E-state index is 5.99. The molecule has 0 aliphatic carbocycles. The highest BCUT2D eigenvalue weighted by molar-refractivity contribution is 5.80. The van der Waals surface area contributed by atoms with Crippen LogP contribution >= 0.6 is 0 Å². The van der Waals surface area contributed by atoms with Crippen molar-refractivity contribution in [3.8, 4) is 16.9 Å². The van der Waals surface area contributed by atoms with Crippen LogP contribution in [0.25, 0.3) is 11.1 Å². The summed E-state index contributed by atoms with van der Waals surface area (Å²) >= 11 is 0.